The summed E-state index contributed by atoms with van der Waals surface area (Å²) in [6.45, 7) is 5.62. The quantitative estimate of drug-likeness (QED) is 0.460. The van der Waals surface area contributed by atoms with E-state index in [0.717, 1.165) is 23.1 Å². The van der Waals surface area contributed by atoms with Crippen molar-refractivity contribution in [2.75, 3.05) is 6.61 Å². The Morgan fingerprint density at radius 3 is 2.15 bits per heavy atom. The third-order valence-electron chi connectivity index (χ3n) is 5.39. The van der Waals surface area contributed by atoms with Gasteiger partial charge in [0.15, 0.2) is 12.7 Å². The number of hydrazine groups is 1. The first-order valence-corrected chi connectivity index (χ1v) is 11.1. The highest BCUT2D eigenvalue weighted by molar-refractivity contribution is 5.85. The minimum Gasteiger partial charge on any atom is -0.483 e. The maximum atomic E-state index is 12.3. The second-order valence-corrected chi connectivity index (χ2v) is 7.82. The first-order chi connectivity index (χ1) is 16.0. The Balaban J connectivity index is 1.45. The van der Waals surface area contributed by atoms with Gasteiger partial charge in [0.1, 0.15) is 11.5 Å². The normalized spacial score (nSPS) is 12.3. The van der Waals surface area contributed by atoms with E-state index in [1.807, 2.05) is 78.9 Å². The van der Waals surface area contributed by atoms with Gasteiger partial charge in [0, 0.05) is 0 Å². The van der Waals surface area contributed by atoms with Crippen molar-refractivity contribution in [1.82, 2.24) is 10.9 Å². The first-order valence-electron chi connectivity index (χ1n) is 11.1. The van der Waals surface area contributed by atoms with Crippen LogP contribution in [0.2, 0.25) is 0 Å². The molecule has 3 aromatic rings. The first kappa shape index (κ1) is 23.9. The molecule has 0 saturated carbocycles. The van der Waals surface area contributed by atoms with Crippen LogP contribution in [0, 0.1) is 0 Å². The van der Waals surface area contributed by atoms with Crippen molar-refractivity contribution in [3.8, 4) is 22.6 Å². The molecule has 2 unspecified atom stereocenters. The zero-order valence-corrected chi connectivity index (χ0v) is 19.2. The van der Waals surface area contributed by atoms with Crippen molar-refractivity contribution < 1.29 is 19.1 Å². The molecular formula is C27H30N2O4. The number of hydrogen-bond acceptors (Lipinski definition) is 4. The average molecular weight is 447 g/mol. The number of rotatable bonds is 9. The molecule has 0 aliphatic rings. The lowest BCUT2D eigenvalue weighted by Gasteiger charge is -2.17. The molecule has 0 aliphatic heterocycles. The van der Waals surface area contributed by atoms with Crippen molar-refractivity contribution in [3.05, 3.63) is 84.4 Å². The lowest BCUT2D eigenvalue weighted by atomic mass is 9.98. The molecule has 6 nitrogen and oxygen atoms in total. The van der Waals surface area contributed by atoms with Crippen LogP contribution >= 0.6 is 0 Å². The van der Waals surface area contributed by atoms with Gasteiger partial charge in [0.2, 0.25) is 0 Å². The standard InChI is InChI=1S/C27H30N2O4/c1-4-19(2)24-12-8-9-13-25(24)32-18-26(30)28-29-27(31)20(3)33-23-16-14-22(15-17-23)21-10-6-5-7-11-21/h5-17,19-20H,4,18H2,1-3H3,(H,28,30)(H,29,31). The molecule has 6 heteroatoms. The van der Waals surface area contributed by atoms with Gasteiger partial charge in [-0.25, -0.2) is 0 Å². The summed E-state index contributed by atoms with van der Waals surface area (Å²) in [5.41, 5.74) is 7.96. The van der Waals surface area contributed by atoms with E-state index in [-0.39, 0.29) is 6.61 Å². The van der Waals surface area contributed by atoms with Gasteiger partial charge in [-0.05, 0) is 54.2 Å². The predicted molar refractivity (Wildman–Crippen MR) is 129 cm³/mol. The molecule has 0 aromatic heterocycles. The van der Waals surface area contributed by atoms with Gasteiger partial charge in [-0.3, -0.25) is 20.4 Å². The van der Waals surface area contributed by atoms with Gasteiger partial charge in [0.05, 0.1) is 0 Å². The monoisotopic (exact) mass is 446 g/mol. The zero-order valence-electron chi connectivity index (χ0n) is 19.2. The highest BCUT2D eigenvalue weighted by Gasteiger charge is 2.16. The molecule has 0 bridgehead atoms. The van der Waals surface area contributed by atoms with Gasteiger partial charge in [0.25, 0.3) is 11.8 Å². The van der Waals surface area contributed by atoms with Crippen LogP contribution in [-0.4, -0.2) is 24.5 Å². The Hall–Kier alpha value is -3.80. The number of ether oxygens (including phenoxy) is 2. The van der Waals surface area contributed by atoms with Crippen LogP contribution in [0.1, 0.15) is 38.7 Å². The van der Waals surface area contributed by atoms with E-state index in [2.05, 4.69) is 24.7 Å². The molecule has 33 heavy (non-hydrogen) atoms. The van der Waals surface area contributed by atoms with Crippen LogP contribution in [0.3, 0.4) is 0 Å². The topological polar surface area (TPSA) is 76.7 Å². The van der Waals surface area contributed by atoms with Crippen molar-refractivity contribution in [3.63, 3.8) is 0 Å². The van der Waals surface area contributed by atoms with Gasteiger partial charge >= 0.3 is 0 Å². The summed E-state index contributed by atoms with van der Waals surface area (Å²) in [4.78, 5) is 24.4. The Kier molecular flexibility index (Phi) is 8.47. The van der Waals surface area contributed by atoms with Crippen LogP contribution < -0.4 is 20.3 Å². The summed E-state index contributed by atoms with van der Waals surface area (Å²) >= 11 is 0. The molecule has 2 amide bonds. The van der Waals surface area contributed by atoms with Crippen molar-refractivity contribution in [2.45, 2.75) is 39.2 Å². The van der Waals surface area contributed by atoms with E-state index >= 15 is 0 Å². The highest BCUT2D eigenvalue weighted by Crippen LogP contribution is 2.28. The molecule has 0 radical (unpaired) electrons. The lowest BCUT2D eigenvalue weighted by molar-refractivity contribution is -0.133. The van der Waals surface area contributed by atoms with E-state index in [1.165, 1.54) is 0 Å². The second kappa shape index (κ2) is 11.7. The molecule has 0 heterocycles. The summed E-state index contributed by atoms with van der Waals surface area (Å²) in [5.74, 6) is 0.638. The smallest absolute Gasteiger partial charge is 0.279 e. The molecule has 3 rings (SSSR count). The van der Waals surface area contributed by atoms with E-state index in [4.69, 9.17) is 9.47 Å². The molecule has 0 spiro atoms. The minimum atomic E-state index is -0.792. The molecule has 2 atom stereocenters. The summed E-state index contributed by atoms with van der Waals surface area (Å²) in [6.07, 6.45) is 0.176. The minimum absolute atomic E-state index is 0.204. The molecule has 2 N–H and O–H groups in total. The summed E-state index contributed by atoms with van der Waals surface area (Å²) < 4.78 is 11.4. The van der Waals surface area contributed by atoms with E-state index in [0.29, 0.717) is 17.4 Å². The number of carbonyl (C=O) groups excluding carboxylic acids is 2. The SMILES string of the molecule is CCC(C)c1ccccc1OCC(=O)NNC(=O)C(C)Oc1ccc(-c2ccccc2)cc1. The maximum absolute atomic E-state index is 12.3. The zero-order chi connectivity index (χ0) is 23.6. The van der Waals surface area contributed by atoms with Gasteiger partial charge < -0.3 is 9.47 Å². The second-order valence-electron chi connectivity index (χ2n) is 7.82. The van der Waals surface area contributed by atoms with Gasteiger partial charge in [-0.15, -0.1) is 0 Å². The van der Waals surface area contributed by atoms with Crippen molar-refractivity contribution in [2.24, 2.45) is 0 Å². The van der Waals surface area contributed by atoms with Crippen LogP contribution in [0.4, 0.5) is 0 Å². The maximum Gasteiger partial charge on any atom is 0.279 e. The van der Waals surface area contributed by atoms with E-state index < -0.39 is 17.9 Å². The number of hydrogen-bond donors (Lipinski definition) is 2. The Labute approximate surface area is 194 Å². The molecule has 0 saturated heterocycles. The fraction of sp³-hybridized carbons (Fsp3) is 0.259. The number of amides is 2. The fourth-order valence-corrected chi connectivity index (χ4v) is 3.27. The third kappa shape index (κ3) is 6.84. The summed E-state index contributed by atoms with van der Waals surface area (Å²) in [7, 11) is 0. The van der Waals surface area contributed by atoms with Gasteiger partial charge in [-0.1, -0.05) is 74.5 Å². The highest BCUT2D eigenvalue weighted by atomic mass is 16.5. The van der Waals surface area contributed by atoms with Crippen LogP contribution in [0.15, 0.2) is 78.9 Å². The molecule has 3 aromatic carbocycles. The van der Waals surface area contributed by atoms with E-state index in [1.54, 1.807) is 6.92 Å². The van der Waals surface area contributed by atoms with Crippen molar-refractivity contribution >= 4 is 11.8 Å². The third-order valence-corrected chi connectivity index (χ3v) is 5.39. The molecule has 172 valence electrons. The molecular weight excluding hydrogens is 416 g/mol. The van der Waals surface area contributed by atoms with Crippen molar-refractivity contribution in [1.29, 1.82) is 0 Å². The van der Waals surface area contributed by atoms with Crippen LogP contribution in [-0.2, 0) is 9.59 Å². The largest absolute Gasteiger partial charge is 0.483 e. The Morgan fingerprint density at radius 1 is 0.818 bits per heavy atom. The van der Waals surface area contributed by atoms with Gasteiger partial charge in [-0.2, -0.15) is 0 Å². The van der Waals surface area contributed by atoms with Crippen LogP contribution in [0.25, 0.3) is 11.1 Å². The number of carbonyl (C=O) groups is 2. The van der Waals surface area contributed by atoms with E-state index in [9.17, 15) is 9.59 Å². The Morgan fingerprint density at radius 2 is 1.45 bits per heavy atom. The number of para-hydroxylation sites is 1. The van der Waals surface area contributed by atoms with Crippen LogP contribution in [0.5, 0.6) is 11.5 Å². The molecule has 0 aliphatic carbocycles. The predicted octanol–water partition coefficient (Wildman–Crippen LogP) is 4.86. The number of nitrogens with one attached hydrogen (secondary N) is 2. The summed E-state index contributed by atoms with van der Waals surface area (Å²) in [5, 5.41) is 0. The summed E-state index contributed by atoms with van der Waals surface area (Å²) in [6, 6.07) is 25.1. The molecule has 0 fully saturated rings. The average Bonchev–Trinajstić information content (AvgIpc) is 2.86. The fourth-order valence-electron chi connectivity index (χ4n) is 3.27. The number of benzene rings is 3. The lowest BCUT2D eigenvalue weighted by Crippen LogP contribution is -2.48. The Bertz CT molecular complexity index is 1050.